The number of hydrogen-bond donors (Lipinski definition) is 1. The lowest BCUT2D eigenvalue weighted by molar-refractivity contribution is 0.0916. The normalized spacial score (nSPS) is 18.3. The zero-order chi connectivity index (χ0) is 11.4. The van der Waals surface area contributed by atoms with Crippen molar-refractivity contribution >= 4 is 5.91 Å². The van der Waals surface area contributed by atoms with E-state index in [1.165, 1.54) is 18.7 Å². The Balaban J connectivity index is 1.88. The van der Waals surface area contributed by atoms with Crippen LogP contribution in [-0.2, 0) is 0 Å². The van der Waals surface area contributed by atoms with E-state index in [1.54, 1.807) is 0 Å². The maximum absolute atomic E-state index is 11.8. The maximum atomic E-state index is 11.8. The summed E-state index contributed by atoms with van der Waals surface area (Å²) in [6.45, 7) is 2.08. The largest absolute Gasteiger partial charge is 0.349 e. The molecule has 1 aromatic heterocycles. The Kier molecular flexibility index (Phi) is 3.46. The highest BCUT2D eigenvalue weighted by molar-refractivity contribution is 5.93. The number of likely N-dealkylation sites (tertiary alicyclic amines) is 1. The molecule has 86 valence electrons. The fraction of sp³-hybridized carbons (Fsp3) is 0.545. The fourth-order valence-electron chi connectivity index (χ4n) is 1.84. The predicted octanol–water partition coefficient (Wildman–Crippen LogP) is 0.301. The van der Waals surface area contributed by atoms with Gasteiger partial charge in [0.25, 0.3) is 5.91 Å². The molecule has 0 spiro atoms. The second-order valence-corrected chi connectivity index (χ2v) is 4.18. The molecule has 1 N–H and O–H groups in total. The van der Waals surface area contributed by atoms with Gasteiger partial charge in [-0.3, -0.25) is 4.79 Å². The van der Waals surface area contributed by atoms with Crippen LogP contribution in [-0.4, -0.2) is 47.0 Å². The molecule has 2 heterocycles. The van der Waals surface area contributed by atoms with Crippen LogP contribution < -0.4 is 5.32 Å². The summed E-state index contributed by atoms with van der Waals surface area (Å²) in [5.41, 5.74) is 0.529. The van der Waals surface area contributed by atoms with Gasteiger partial charge in [0.15, 0.2) is 0 Å². The summed E-state index contributed by atoms with van der Waals surface area (Å²) < 4.78 is 0. The average molecular weight is 220 g/mol. The van der Waals surface area contributed by atoms with Gasteiger partial charge in [0.1, 0.15) is 6.33 Å². The summed E-state index contributed by atoms with van der Waals surface area (Å²) in [5.74, 6) is -0.0739. The van der Waals surface area contributed by atoms with E-state index in [9.17, 15) is 4.79 Å². The van der Waals surface area contributed by atoms with E-state index < -0.39 is 0 Å². The van der Waals surface area contributed by atoms with Crippen LogP contribution in [0.25, 0.3) is 0 Å². The average Bonchev–Trinajstić information content (AvgIpc) is 2.33. The highest BCUT2D eigenvalue weighted by Crippen LogP contribution is 2.08. The zero-order valence-electron chi connectivity index (χ0n) is 9.39. The monoisotopic (exact) mass is 220 g/mol. The summed E-state index contributed by atoms with van der Waals surface area (Å²) in [5, 5.41) is 3.01. The third-order valence-electron chi connectivity index (χ3n) is 2.88. The standard InChI is InChI=1S/C11H16N4O/c1-15-4-2-10(3-5-15)14-11(16)9-6-12-8-13-7-9/h6-8,10H,2-5H2,1H3,(H,14,16). The minimum atomic E-state index is -0.0739. The van der Waals surface area contributed by atoms with Crippen LogP contribution in [0.2, 0.25) is 0 Å². The number of nitrogens with one attached hydrogen (secondary N) is 1. The van der Waals surface area contributed by atoms with Gasteiger partial charge in [0.2, 0.25) is 0 Å². The van der Waals surface area contributed by atoms with Crippen molar-refractivity contribution in [2.45, 2.75) is 18.9 Å². The lowest BCUT2D eigenvalue weighted by Crippen LogP contribution is -2.43. The lowest BCUT2D eigenvalue weighted by Gasteiger charge is -2.29. The second-order valence-electron chi connectivity index (χ2n) is 4.18. The highest BCUT2D eigenvalue weighted by Gasteiger charge is 2.18. The SMILES string of the molecule is CN1CCC(NC(=O)c2cncnc2)CC1. The summed E-state index contributed by atoms with van der Waals surface area (Å²) in [6, 6.07) is 0.281. The lowest BCUT2D eigenvalue weighted by atomic mass is 10.1. The van der Waals surface area contributed by atoms with Crippen LogP contribution in [0.4, 0.5) is 0 Å². The molecule has 0 bridgehead atoms. The van der Waals surface area contributed by atoms with E-state index in [0.29, 0.717) is 5.56 Å². The van der Waals surface area contributed by atoms with Crippen molar-refractivity contribution in [2.75, 3.05) is 20.1 Å². The molecule has 5 heteroatoms. The molecule has 0 saturated carbocycles. The van der Waals surface area contributed by atoms with E-state index in [-0.39, 0.29) is 11.9 Å². The molecule has 0 atom stereocenters. The first-order valence-electron chi connectivity index (χ1n) is 5.50. The number of amides is 1. The first-order chi connectivity index (χ1) is 7.75. The molecule has 1 aliphatic rings. The first-order valence-corrected chi connectivity index (χ1v) is 5.50. The zero-order valence-corrected chi connectivity index (χ0v) is 9.39. The molecule has 1 aliphatic heterocycles. The Hall–Kier alpha value is -1.49. The molecule has 1 amide bonds. The summed E-state index contributed by atoms with van der Waals surface area (Å²) in [7, 11) is 2.10. The second kappa shape index (κ2) is 5.03. The van der Waals surface area contributed by atoms with Gasteiger partial charge < -0.3 is 10.2 Å². The number of piperidine rings is 1. The van der Waals surface area contributed by atoms with Crippen LogP contribution in [0.3, 0.4) is 0 Å². The number of hydrogen-bond acceptors (Lipinski definition) is 4. The molecule has 16 heavy (non-hydrogen) atoms. The smallest absolute Gasteiger partial charge is 0.254 e. The maximum Gasteiger partial charge on any atom is 0.254 e. The van der Waals surface area contributed by atoms with Gasteiger partial charge in [0, 0.05) is 18.4 Å². The Morgan fingerprint density at radius 2 is 2.00 bits per heavy atom. The van der Waals surface area contributed by atoms with Crippen molar-refractivity contribution in [3.63, 3.8) is 0 Å². The predicted molar refractivity (Wildman–Crippen MR) is 60.0 cm³/mol. The molecule has 0 aliphatic carbocycles. The molecule has 1 fully saturated rings. The third-order valence-corrected chi connectivity index (χ3v) is 2.88. The topological polar surface area (TPSA) is 58.1 Å². The first kappa shape index (κ1) is 11.0. The molecule has 1 saturated heterocycles. The number of rotatable bonds is 2. The number of nitrogens with zero attached hydrogens (tertiary/aromatic N) is 3. The highest BCUT2D eigenvalue weighted by atomic mass is 16.1. The van der Waals surface area contributed by atoms with Crippen molar-refractivity contribution in [3.8, 4) is 0 Å². The van der Waals surface area contributed by atoms with Crippen LogP contribution in [0.5, 0.6) is 0 Å². The molecule has 1 aromatic rings. The van der Waals surface area contributed by atoms with Crippen molar-refractivity contribution in [1.29, 1.82) is 0 Å². The minimum absolute atomic E-state index is 0.0739. The van der Waals surface area contributed by atoms with Crippen molar-refractivity contribution < 1.29 is 4.79 Å². The van der Waals surface area contributed by atoms with Crippen molar-refractivity contribution in [2.24, 2.45) is 0 Å². The fourth-order valence-corrected chi connectivity index (χ4v) is 1.84. The van der Waals surface area contributed by atoms with Crippen molar-refractivity contribution in [3.05, 3.63) is 24.3 Å². The number of aromatic nitrogens is 2. The molecular weight excluding hydrogens is 204 g/mol. The van der Waals surface area contributed by atoms with Gasteiger partial charge in [-0.05, 0) is 33.0 Å². The van der Waals surface area contributed by atoms with Crippen molar-refractivity contribution in [1.82, 2.24) is 20.2 Å². The minimum Gasteiger partial charge on any atom is -0.349 e. The van der Waals surface area contributed by atoms with Crippen LogP contribution in [0.15, 0.2) is 18.7 Å². The quantitative estimate of drug-likeness (QED) is 0.779. The Labute approximate surface area is 94.9 Å². The van der Waals surface area contributed by atoms with Gasteiger partial charge in [0.05, 0.1) is 5.56 Å². The number of carbonyl (C=O) groups excluding carboxylic acids is 1. The summed E-state index contributed by atoms with van der Waals surface area (Å²) >= 11 is 0. The van der Waals surface area contributed by atoms with Gasteiger partial charge in [-0.2, -0.15) is 0 Å². The van der Waals surface area contributed by atoms with Gasteiger partial charge >= 0.3 is 0 Å². The van der Waals surface area contributed by atoms with E-state index in [0.717, 1.165) is 25.9 Å². The van der Waals surface area contributed by atoms with Gasteiger partial charge in [-0.1, -0.05) is 0 Å². The van der Waals surface area contributed by atoms with E-state index in [2.05, 4.69) is 27.2 Å². The Bertz CT molecular complexity index is 346. The van der Waals surface area contributed by atoms with Gasteiger partial charge in [-0.15, -0.1) is 0 Å². The molecule has 5 nitrogen and oxygen atoms in total. The summed E-state index contributed by atoms with van der Waals surface area (Å²) in [6.07, 6.45) is 6.52. The molecule has 0 aromatic carbocycles. The van der Waals surface area contributed by atoms with E-state index in [1.807, 2.05) is 0 Å². The van der Waals surface area contributed by atoms with Crippen LogP contribution in [0, 0.1) is 0 Å². The molecular formula is C11H16N4O. The molecule has 2 rings (SSSR count). The summed E-state index contributed by atoms with van der Waals surface area (Å²) in [4.78, 5) is 21.7. The number of carbonyl (C=O) groups is 1. The van der Waals surface area contributed by atoms with E-state index in [4.69, 9.17) is 0 Å². The van der Waals surface area contributed by atoms with E-state index >= 15 is 0 Å². The Morgan fingerprint density at radius 1 is 1.38 bits per heavy atom. The van der Waals surface area contributed by atoms with Crippen LogP contribution in [0.1, 0.15) is 23.2 Å². The van der Waals surface area contributed by atoms with Gasteiger partial charge in [-0.25, -0.2) is 9.97 Å². The Morgan fingerprint density at radius 3 is 2.62 bits per heavy atom. The van der Waals surface area contributed by atoms with Crippen LogP contribution >= 0.6 is 0 Å². The molecule has 0 radical (unpaired) electrons. The molecule has 0 unspecified atom stereocenters. The third kappa shape index (κ3) is 2.76.